The van der Waals surface area contributed by atoms with Crippen molar-refractivity contribution in [1.29, 1.82) is 0 Å². The summed E-state index contributed by atoms with van der Waals surface area (Å²) in [5.41, 5.74) is 1.22. The van der Waals surface area contributed by atoms with Gasteiger partial charge in [-0.1, -0.05) is 37.3 Å². The van der Waals surface area contributed by atoms with Gasteiger partial charge in [-0.3, -0.25) is 9.69 Å². The van der Waals surface area contributed by atoms with Crippen LogP contribution in [0.3, 0.4) is 0 Å². The van der Waals surface area contributed by atoms with Gasteiger partial charge in [0, 0.05) is 6.42 Å². The van der Waals surface area contributed by atoms with Gasteiger partial charge < -0.3 is 0 Å². The molecule has 0 amide bonds. The van der Waals surface area contributed by atoms with Crippen molar-refractivity contribution >= 4 is 5.78 Å². The lowest BCUT2D eigenvalue weighted by Gasteiger charge is -2.22. The molecule has 0 heterocycles. The predicted octanol–water partition coefficient (Wildman–Crippen LogP) is 2.14. The number of likely N-dealkylation sites (N-methyl/N-ethyl adjacent to an activating group) is 1. The van der Waals surface area contributed by atoms with Gasteiger partial charge in [0.2, 0.25) is 0 Å². The van der Waals surface area contributed by atoms with Crippen molar-refractivity contribution in [2.75, 3.05) is 14.1 Å². The molecule has 1 aromatic rings. The molecule has 0 saturated carbocycles. The molecule has 0 bridgehead atoms. The molecule has 0 aliphatic heterocycles. The van der Waals surface area contributed by atoms with Crippen LogP contribution < -0.4 is 0 Å². The summed E-state index contributed by atoms with van der Waals surface area (Å²) in [6.07, 6.45) is 1.41. The number of nitrogens with zero attached hydrogens (tertiary/aromatic N) is 1. The maximum Gasteiger partial charge on any atom is 0.150 e. The quantitative estimate of drug-likeness (QED) is 0.734. The highest BCUT2D eigenvalue weighted by atomic mass is 16.1. The van der Waals surface area contributed by atoms with Crippen molar-refractivity contribution in [3.8, 4) is 0 Å². The van der Waals surface area contributed by atoms with Gasteiger partial charge in [-0.15, -0.1) is 0 Å². The van der Waals surface area contributed by atoms with Gasteiger partial charge in [0.15, 0.2) is 0 Å². The summed E-state index contributed by atoms with van der Waals surface area (Å²) in [6, 6.07) is 10.2. The minimum Gasteiger partial charge on any atom is -0.299 e. The molecule has 1 aromatic carbocycles. The SMILES string of the molecule is CCC(=O)[C@@H](Cc1ccccc1)N(C)C. The van der Waals surface area contributed by atoms with Gasteiger partial charge in [0.1, 0.15) is 5.78 Å². The fourth-order valence-corrected chi connectivity index (χ4v) is 1.66. The highest BCUT2D eigenvalue weighted by Crippen LogP contribution is 2.08. The van der Waals surface area contributed by atoms with E-state index in [2.05, 4.69) is 12.1 Å². The zero-order valence-electron chi connectivity index (χ0n) is 9.73. The van der Waals surface area contributed by atoms with Gasteiger partial charge in [0.25, 0.3) is 0 Å². The number of hydrogen-bond donors (Lipinski definition) is 0. The van der Waals surface area contributed by atoms with Crippen LogP contribution in [0.25, 0.3) is 0 Å². The molecule has 15 heavy (non-hydrogen) atoms. The fourth-order valence-electron chi connectivity index (χ4n) is 1.66. The lowest BCUT2D eigenvalue weighted by Crippen LogP contribution is -2.37. The molecule has 1 rings (SSSR count). The number of Topliss-reactive ketones (excluding diaryl/α,β-unsaturated/α-hetero) is 1. The van der Waals surface area contributed by atoms with Gasteiger partial charge in [-0.25, -0.2) is 0 Å². The molecule has 2 nitrogen and oxygen atoms in total. The summed E-state index contributed by atoms with van der Waals surface area (Å²) in [6.45, 7) is 1.92. The van der Waals surface area contributed by atoms with E-state index in [0.717, 1.165) is 6.42 Å². The van der Waals surface area contributed by atoms with Crippen LogP contribution in [0, 0.1) is 0 Å². The first-order valence-corrected chi connectivity index (χ1v) is 5.38. The van der Waals surface area contributed by atoms with E-state index in [4.69, 9.17) is 0 Å². The smallest absolute Gasteiger partial charge is 0.150 e. The molecule has 0 aliphatic carbocycles. The average Bonchev–Trinajstić information content (AvgIpc) is 2.26. The van der Waals surface area contributed by atoms with Crippen LogP contribution in [-0.4, -0.2) is 30.8 Å². The molecule has 82 valence electrons. The zero-order valence-corrected chi connectivity index (χ0v) is 9.73. The Morgan fingerprint density at radius 2 is 1.87 bits per heavy atom. The number of carbonyl (C=O) groups is 1. The minimum atomic E-state index is 0.0115. The number of carbonyl (C=O) groups excluding carboxylic acids is 1. The Bertz CT molecular complexity index is 306. The first-order chi connectivity index (χ1) is 7.15. The normalized spacial score (nSPS) is 12.8. The zero-order chi connectivity index (χ0) is 11.3. The molecule has 1 atom stereocenters. The number of rotatable bonds is 5. The van der Waals surface area contributed by atoms with E-state index in [1.807, 2.05) is 44.1 Å². The third-order valence-electron chi connectivity index (χ3n) is 2.62. The molecule has 0 N–H and O–H groups in total. The van der Waals surface area contributed by atoms with E-state index in [-0.39, 0.29) is 6.04 Å². The molecule has 0 unspecified atom stereocenters. The third-order valence-corrected chi connectivity index (χ3v) is 2.62. The van der Waals surface area contributed by atoms with Crippen molar-refractivity contribution in [2.45, 2.75) is 25.8 Å². The lowest BCUT2D eigenvalue weighted by molar-refractivity contribution is -0.123. The van der Waals surface area contributed by atoms with E-state index in [1.165, 1.54) is 5.56 Å². The van der Waals surface area contributed by atoms with Crippen molar-refractivity contribution in [3.05, 3.63) is 35.9 Å². The Hall–Kier alpha value is -1.15. The van der Waals surface area contributed by atoms with Gasteiger partial charge >= 0.3 is 0 Å². The first-order valence-electron chi connectivity index (χ1n) is 5.38. The van der Waals surface area contributed by atoms with E-state index < -0.39 is 0 Å². The topological polar surface area (TPSA) is 20.3 Å². The van der Waals surface area contributed by atoms with Crippen LogP contribution in [0.4, 0.5) is 0 Å². The van der Waals surface area contributed by atoms with E-state index in [9.17, 15) is 4.79 Å². The van der Waals surface area contributed by atoms with Gasteiger partial charge in [-0.05, 0) is 26.1 Å². The van der Waals surface area contributed by atoms with Crippen LogP contribution in [0.2, 0.25) is 0 Å². The average molecular weight is 205 g/mol. The highest BCUT2D eigenvalue weighted by molar-refractivity contribution is 5.83. The van der Waals surface area contributed by atoms with Crippen LogP contribution in [0.5, 0.6) is 0 Å². The fraction of sp³-hybridized carbons (Fsp3) is 0.462. The summed E-state index contributed by atoms with van der Waals surface area (Å²) in [7, 11) is 3.92. The van der Waals surface area contributed by atoms with Crippen LogP contribution in [-0.2, 0) is 11.2 Å². The van der Waals surface area contributed by atoms with Crippen LogP contribution in [0.1, 0.15) is 18.9 Å². The number of benzene rings is 1. The standard InChI is InChI=1S/C13H19NO/c1-4-13(15)12(14(2)3)10-11-8-6-5-7-9-11/h5-9,12H,4,10H2,1-3H3/t12-/m1/s1. The summed E-state index contributed by atoms with van der Waals surface area (Å²) >= 11 is 0. The Morgan fingerprint density at radius 1 is 1.27 bits per heavy atom. The van der Waals surface area contributed by atoms with E-state index in [0.29, 0.717) is 12.2 Å². The monoisotopic (exact) mass is 205 g/mol. The lowest BCUT2D eigenvalue weighted by atomic mass is 10.0. The Balaban J connectivity index is 2.72. The van der Waals surface area contributed by atoms with Crippen molar-refractivity contribution in [2.24, 2.45) is 0 Å². The van der Waals surface area contributed by atoms with Crippen LogP contribution in [0.15, 0.2) is 30.3 Å². The molecule has 2 heteroatoms. The third kappa shape index (κ3) is 3.48. The predicted molar refractivity (Wildman–Crippen MR) is 62.9 cm³/mol. The summed E-state index contributed by atoms with van der Waals surface area (Å²) in [5.74, 6) is 0.309. The second-order valence-electron chi connectivity index (χ2n) is 3.99. The summed E-state index contributed by atoms with van der Waals surface area (Å²) in [5, 5.41) is 0. The summed E-state index contributed by atoms with van der Waals surface area (Å²) < 4.78 is 0. The number of ketones is 1. The first kappa shape index (κ1) is 11.9. The maximum atomic E-state index is 11.7. The number of hydrogen-bond acceptors (Lipinski definition) is 2. The van der Waals surface area contributed by atoms with Crippen molar-refractivity contribution in [1.82, 2.24) is 4.90 Å². The molecule has 0 aromatic heterocycles. The molecule has 0 radical (unpaired) electrons. The summed E-state index contributed by atoms with van der Waals surface area (Å²) in [4.78, 5) is 13.7. The molecule has 0 saturated heterocycles. The van der Waals surface area contributed by atoms with Crippen molar-refractivity contribution < 1.29 is 4.79 Å². The molecule has 0 aliphatic rings. The van der Waals surface area contributed by atoms with Crippen LogP contribution >= 0.6 is 0 Å². The van der Waals surface area contributed by atoms with Crippen molar-refractivity contribution in [3.63, 3.8) is 0 Å². The van der Waals surface area contributed by atoms with Gasteiger partial charge in [-0.2, -0.15) is 0 Å². The Kier molecular flexibility index (Phi) is 4.50. The molecule has 0 spiro atoms. The van der Waals surface area contributed by atoms with Gasteiger partial charge in [0.05, 0.1) is 6.04 Å². The maximum absolute atomic E-state index is 11.7. The molecule has 0 fully saturated rings. The minimum absolute atomic E-state index is 0.0115. The largest absolute Gasteiger partial charge is 0.299 e. The Labute approximate surface area is 91.9 Å². The van der Waals surface area contributed by atoms with E-state index in [1.54, 1.807) is 0 Å². The van der Waals surface area contributed by atoms with E-state index >= 15 is 0 Å². The second kappa shape index (κ2) is 5.66. The second-order valence-corrected chi connectivity index (χ2v) is 3.99. The molecular formula is C13H19NO. The molecular weight excluding hydrogens is 186 g/mol. The highest BCUT2D eigenvalue weighted by Gasteiger charge is 2.18. The Morgan fingerprint density at radius 3 is 2.33 bits per heavy atom.